The minimum Gasteiger partial charge on any atom is -0.497 e. The molecule has 0 unspecified atom stereocenters. The minimum atomic E-state index is -0.582. The molecule has 0 spiro atoms. The minimum absolute atomic E-state index is 0.0169. The van der Waals surface area contributed by atoms with Gasteiger partial charge < -0.3 is 20.1 Å². The van der Waals surface area contributed by atoms with Crippen molar-refractivity contribution in [1.29, 1.82) is 0 Å². The van der Waals surface area contributed by atoms with Crippen molar-refractivity contribution in [2.75, 3.05) is 20.3 Å². The van der Waals surface area contributed by atoms with E-state index in [0.29, 0.717) is 17.9 Å². The summed E-state index contributed by atoms with van der Waals surface area (Å²) < 4.78 is 10.6. The fraction of sp³-hybridized carbons (Fsp3) is 0.556. The summed E-state index contributed by atoms with van der Waals surface area (Å²) >= 11 is 0. The smallest absolute Gasteiger partial charge is 0.251 e. The molecule has 2 N–H and O–H groups in total. The maximum Gasteiger partial charge on any atom is 0.251 e. The van der Waals surface area contributed by atoms with E-state index >= 15 is 0 Å². The van der Waals surface area contributed by atoms with Crippen LogP contribution in [0.3, 0.4) is 0 Å². The summed E-state index contributed by atoms with van der Waals surface area (Å²) in [6.07, 6.45) is 2.08. The third-order valence-electron chi connectivity index (χ3n) is 4.12. The predicted octanol–water partition coefficient (Wildman–Crippen LogP) is 1.74. The first-order chi connectivity index (χ1) is 11.5. The Morgan fingerprint density at radius 3 is 2.54 bits per heavy atom. The second kappa shape index (κ2) is 8.68. The molecule has 6 heteroatoms. The standard InChI is InChI=1S/C18H26N2O4/c1-12(2)16(18(22)19-11-15-5-4-10-24-15)20-17(21)13-6-8-14(23-3)9-7-13/h6-9,12,15-16H,4-5,10-11H2,1-3H3,(H,19,22)(H,20,21)/t15-,16+/m1/s1. The maximum absolute atomic E-state index is 12.4. The van der Waals surface area contributed by atoms with Gasteiger partial charge in [0.05, 0.1) is 13.2 Å². The van der Waals surface area contributed by atoms with E-state index in [1.807, 2.05) is 13.8 Å². The number of hydrogen-bond donors (Lipinski definition) is 2. The van der Waals surface area contributed by atoms with Gasteiger partial charge in [-0.15, -0.1) is 0 Å². The van der Waals surface area contributed by atoms with Gasteiger partial charge in [-0.25, -0.2) is 0 Å². The van der Waals surface area contributed by atoms with E-state index in [9.17, 15) is 9.59 Å². The van der Waals surface area contributed by atoms with Crippen LogP contribution in [0.4, 0.5) is 0 Å². The lowest BCUT2D eigenvalue weighted by Gasteiger charge is -2.22. The Morgan fingerprint density at radius 2 is 2.00 bits per heavy atom. The third kappa shape index (κ3) is 4.96. The van der Waals surface area contributed by atoms with Crippen LogP contribution < -0.4 is 15.4 Å². The highest BCUT2D eigenvalue weighted by molar-refractivity contribution is 5.97. The van der Waals surface area contributed by atoms with Gasteiger partial charge in [-0.3, -0.25) is 9.59 Å². The average Bonchev–Trinajstić information content (AvgIpc) is 3.10. The molecule has 0 saturated carbocycles. The highest BCUT2D eigenvalue weighted by Crippen LogP contribution is 2.13. The largest absolute Gasteiger partial charge is 0.497 e. The number of benzene rings is 1. The first-order valence-corrected chi connectivity index (χ1v) is 8.35. The van der Waals surface area contributed by atoms with Gasteiger partial charge in [0.2, 0.25) is 5.91 Å². The summed E-state index contributed by atoms with van der Waals surface area (Å²) in [5.74, 6) is 0.212. The van der Waals surface area contributed by atoms with Gasteiger partial charge in [-0.2, -0.15) is 0 Å². The van der Waals surface area contributed by atoms with Gasteiger partial charge in [0.1, 0.15) is 11.8 Å². The summed E-state index contributed by atoms with van der Waals surface area (Å²) in [5.41, 5.74) is 0.494. The normalized spacial score (nSPS) is 18.2. The number of amides is 2. The first-order valence-electron chi connectivity index (χ1n) is 8.35. The highest BCUT2D eigenvalue weighted by atomic mass is 16.5. The van der Waals surface area contributed by atoms with E-state index in [-0.39, 0.29) is 23.8 Å². The van der Waals surface area contributed by atoms with Crippen molar-refractivity contribution in [2.45, 2.75) is 38.8 Å². The van der Waals surface area contributed by atoms with E-state index < -0.39 is 6.04 Å². The molecule has 0 bridgehead atoms. The molecule has 132 valence electrons. The molecule has 1 aromatic rings. The molecule has 2 atom stereocenters. The Hall–Kier alpha value is -2.08. The molecule has 1 saturated heterocycles. The van der Waals surface area contributed by atoms with Gasteiger partial charge in [-0.05, 0) is 43.0 Å². The van der Waals surface area contributed by atoms with Crippen LogP contribution in [0.1, 0.15) is 37.0 Å². The zero-order chi connectivity index (χ0) is 17.5. The van der Waals surface area contributed by atoms with Crippen LogP contribution >= 0.6 is 0 Å². The van der Waals surface area contributed by atoms with Gasteiger partial charge in [0, 0.05) is 18.7 Å². The van der Waals surface area contributed by atoms with Crippen molar-refractivity contribution in [3.8, 4) is 5.75 Å². The lowest BCUT2D eigenvalue weighted by Crippen LogP contribution is -2.50. The molecule has 24 heavy (non-hydrogen) atoms. The number of ether oxygens (including phenoxy) is 2. The van der Waals surface area contributed by atoms with Crippen LogP contribution in [0.5, 0.6) is 5.75 Å². The molecule has 0 radical (unpaired) electrons. The van der Waals surface area contributed by atoms with Gasteiger partial charge in [0.15, 0.2) is 0 Å². The monoisotopic (exact) mass is 334 g/mol. The second-order valence-corrected chi connectivity index (χ2v) is 6.30. The van der Waals surface area contributed by atoms with Gasteiger partial charge in [-0.1, -0.05) is 13.8 Å². The molecule has 1 heterocycles. The van der Waals surface area contributed by atoms with Crippen LogP contribution in [0.15, 0.2) is 24.3 Å². The van der Waals surface area contributed by atoms with E-state index in [0.717, 1.165) is 19.4 Å². The second-order valence-electron chi connectivity index (χ2n) is 6.30. The summed E-state index contributed by atoms with van der Waals surface area (Å²) in [6.45, 7) is 5.05. The molecular weight excluding hydrogens is 308 g/mol. The quantitative estimate of drug-likeness (QED) is 0.796. The number of methoxy groups -OCH3 is 1. The third-order valence-corrected chi connectivity index (χ3v) is 4.12. The number of nitrogens with one attached hydrogen (secondary N) is 2. The van der Waals surface area contributed by atoms with Crippen molar-refractivity contribution < 1.29 is 19.1 Å². The summed E-state index contributed by atoms with van der Waals surface area (Å²) in [7, 11) is 1.57. The Kier molecular flexibility index (Phi) is 6.61. The lowest BCUT2D eigenvalue weighted by atomic mass is 10.0. The van der Waals surface area contributed by atoms with E-state index in [2.05, 4.69) is 10.6 Å². The van der Waals surface area contributed by atoms with Crippen molar-refractivity contribution in [1.82, 2.24) is 10.6 Å². The molecule has 0 aromatic heterocycles. The molecule has 1 aromatic carbocycles. The van der Waals surface area contributed by atoms with Crippen LogP contribution in [0.2, 0.25) is 0 Å². The Bertz CT molecular complexity index is 551. The topological polar surface area (TPSA) is 76.7 Å². The Labute approximate surface area is 142 Å². The fourth-order valence-corrected chi connectivity index (χ4v) is 2.63. The first kappa shape index (κ1) is 18.3. The van der Waals surface area contributed by atoms with Crippen LogP contribution in [-0.4, -0.2) is 44.2 Å². The number of hydrogen-bond acceptors (Lipinski definition) is 4. The Balaban J connectivity index is 1.93. The molecular formula is C18H26N2O4. The molecule has 1 fully saturated rings. The summed E-state index contributed by atoms with van der Waals surface area (Å²) in [4.78, 5) is 24.8. The predicted molar refractivity (Wildman–Crippen MR) is 91.1 cm³/mol. The van der Waals surface area contributed by atoms with Crippen LogP contribution in [0, 0.1) is 5.92 Å². The average molecular weight is 334 g/mol. The lowest BCUT2D eigenvalue weighted by molar-refractivity contribution is -0.124. The zero-order valence-electron chi connectivity index (χ0n) is 14.5. The number of carbonyl (C=O) groups is 2. The van der Waals surface area contributed by atoms with Crippen molar-refractivity contribution >= 4 is 11.8 Å². The van der Waals surface area contributed by atoms with E-state index in [1.54, 1.807) is 31.4 Å². The van der Waals surface area contributed by atoms with Gasteiger partial charge in [0.25, 0.3) is 5.91 Å². The van der Waals surface area contributed by atoms with Crippen LogP contribution in [0.25, 0.3) is 0 Å². The highest BCUT2D eigenvalue weighted by Gasteiger charge is 2.26. The van der Waals surface area contributed by atoms with Crippen molar-refractivity contribution in [3.05, 3.63) is 29.8 Å². The molecule has 0 aliphatic carbocycles. The van der Waals surface area contributed by atoms with E-state index in [4.69, 9.17) is 9.47 Å². The molecule has 2 amide bonds. The van der Waals surface area contributed by atoms with E-state index in [1.165, 1.54) is 0 Å². The van der Waals surface area contributed by atoms with Crippen molar-refractivity contribution in [3.63, 3.8) is 0 Å². The summed E-state index contributed by atoms with van der Waals surface area (Å²) in [5, 5.41) is 5.70. The molecule has 6 nitrogen and oxygen atoms in total. The van der Waals surface area contributed by atoms with Crippen LogP contribution in [-0.2, 0) is 9.53 Å². The Morgan fingerprint density at radius 1 is 1.29 bits per heavy atom. The maximum atomic E-state index is 12.4. The zero-order valence-corrected chi connectivity index (χ0v) is 14.5. The molecule has 1 aliphatic rings. The van der Waals surface area contributed by atoms with Crippen molar-refractivity contribution in [2.24, 2.45) is 5.92 Å². The number of rotatable bonds is 7. The fourth-order valence-electron chi connectivity index (χ4n) is 2.63. The molecule has 2 rings (SSSR count). The summed E-state index contributed by atoms with van der Waals surface area (Å²) in [6, 6.07) is 6.21. The van der Waals surface area contributed by atoms with Gasteiger partial charge >= 0.3 is 0 Å². The molecule has 1 aliphatic heterocycles. The SMILES string of the molecule is COc1ccc(C(=O)N[C@H](C(=O)NC[C@H]2CCCO2)C(C)C)cc1. The number of carbonyl (C=O) groups excluding carboxylic acids is 2.